The van der Waals surface area contributed by atoms with Gasteiger partial charge in [0.05, 0.1) is 0 Å². The van der Waals surface area contributed by atoms with Gasteiger partial charge in [-0.2, -0.15) is 0 Å². The molecular weight excluding hydrogens is 248 g/mol. The molecule has 0 saturated heterocycles. The van der Waals surface area contributed by atoms with E-state index in [-0.39, 0.29) is 29.3 Å². The summed E-state index contributed by atoms with van der Waals surface area (Å²) < 4.78 is 0. The first kappa shape index (κ1) is 17.7. The zero-order valence-electron chi connectivity index (χ0n) is 12.1. The van der Waals surface area contributed by atoms with E-state index in [9.17, 15) is 4.79 Å². The lowest BCUT2D eigenvalue weighted by Gasteiger charge is -2.37. The molecule has 1 amide bonds. The third kappa shape index (κ3) is 5.15. The molecule has 0 atom stereocenters. The van der Waals surface area contributed by atoms with Crippen LogP contribution in [-0.4, -0.2) is 18.0 Å². The first-order chi connectivity index (χ1) is 7.93. The largest absolute Gasteiger partial charge is 0.351 e. The summed E-state index contributed by atoms with van der Waals surface area (Å²) >= 11 is 0. The van der Waals surface area contributed by atoms with Crippen molar-refractivity contribution in [2.24, 2.45) is 11.1 Å². The Balaban J connectivity index is 0.00000289. The summed E-state index contributed by atoms with van der Waals surface area (Å²) in [6.45, 7) is 6.88. The van der Waals surface area contributed by atoms with Gasteiger partial charge < -0.3 is 11.1 Å². The molecule has 3 nitrogen and oxygen atoms in total. The van der Waals surface area contributed by atoms with Crippen molar-refractivity contribution in [3.05, 3.63) is 0 Å². The van der Waals surface area contributed by atoms with Crippen LogP contribution in [0.3, 0.4) is 0 Å². The molecule has 0 aromatic carbocycles. The van der Waals surface area contributed by atoms with E-state index in [1.165, 1.54) is 19.3 Å². The number of carbonyl (C=O) groups is 1. The van der Waals surface area contributed by atoms with Gasteiger partial charge in [0, 0.05) is 12.0 Å². The molecule has 0 spiro atoms. The first-order valence-electron chi connectivity index (χ1n) is 6.94. The van der Waals surface area contributed by atoms with E-state index in [0.717, 1.165) is 19.3 Å². The lowest BCUT2D eigenvalue weighted by atomic mass is 9.71. The van der Waals surface area contributed by atoms with Crippen molar-refractivity contribution in [1.29, 1.82) is 0 Å². The van der Waals surface area contributed by atoms with Gasteiger partial charge in [0.2, 0.25) is 5.91 Å². The number of hydrogen-bond acceptors (Lipinski definition) is 2. The van der Waals surface area contributed by atoms with Gasteiger partial charge in [-0.3, -0.25) is 4.79 Å². The fraction of sp³-hybridized carbons (Fsp3) is 0.929. The SMILES string of the molecule is CCC(C)(C)NC(=O)CC1(CN)CCCCC1.Cl. The van der Waals surface area contributed by atoms with E-state index in [1.807, 2.05) is 0 Å². The second-order valence-electron chi connectivity index (χ2n) is 6.23. The van der Waals surface area contributed by atoms with Crippen molar-refractivity contribution in [3.8, 4) is 0 Å². The van der Waals surface area contributed by atoms with Gasteiger partial charge in [-0.05, 0) is 45.1 Å². The van der Waals surface area contributed by atoms with Crippen molar-refractivity contribution in [2.75, 3.05) is 6.54 Å². The maximum Gasteiger partial charge on any atom is 0.221 e. The summed E-state index contributed by atoms with van der Waals surface area (Å²) in [4.78, 5) is 12.1. The van der Waals surface area contributed by atoms with Gasteiger partial charge in [-0.15, -0.1) is 12.4 Å². The minimum Gasteiger partial charge on any atom is -0.351 e. The molecule has 0 radical (unpaired) electrons. The standard InChI is InChI=1S/C14H28N2O.ClH/c1-4-13(2,3)16-12(17)10-14(11-15)8-6-5-7-9-14;/h4-11,15H2,1-3H3,(H,16,17);1H. The highest BCUT2D eigenvalue weighted by Gasteiger charge is 2.33. The molecular formula is C14H29ClN2O. The van der Waals surface area contributed by atoms with E-state index < -0.39 is 0 Å². The lowest BCUT2D eigenvalue weighted by Crippen LogP contribution is -2.46. The molecule has 0 aliphatic heterocycles. The van der Waals surface area contributed by atoms with Crippen molar-refractivity contribution >= 4 is 18.3 Å². The Hall–Kier alpha value is -0.280. The predicted molar refractivity (Wildman–Crippen MR) is 79.0 cm³/mol. The van der Waals surface area contributed by atoms with Gasteiger partial charge in [0.25, 0.3) is 0 Å². The minimum atomic E-state index is -0.0957. The zero-order chi connectivity index (χ0) is 12.9. The Bertz CT molecular complexity index is 261. The quantitative estimate of drug-likeness (QED) is 0.811. The Morgan fingerprint density at radius 3 is 2.28 bits per heavy atom. The molecule has 0 unspecified atom stereocenters. The average Bonchev–Trinajstić information content (AvgIpc) is 2.29. The molecule has 1 fully saturated rings. The third-order valence-corrected chi connectivity index (χ3v) is 4.24. The van der Waals surface area contributed by atoms with Crippen molar-refractivity contribution in [3.63, 3.8) is 0 Å². The molecule has 18 heavy (non-hydrogen) atoms. The van der Waals surface area contributed by atoms with Crippen LogP contribution in [0, 0.1) is 5.41 Å². The molecule has 1 aliphatic rings. The Morgan fingerprint density at radius 2 is 1.83 bits per heavy atom. The molecule has 108 valence electrons. The van der Waals surface area contributed by atoms with Crippen LogP contribution in [-0.2, 0) is 4.79 Å². The number of nitrogens with one attached hydrogen (secondary N) is 1. The van der Waals surface area contributed by atoms with Crippen LogP contribution in [0.25, 0.3) is 0 Å². The van der Waals surface area contributed by atoms with Crippen molar-refractivity contribution in [1.82, 2.24) is 5.32 Å². The van der Waals surface area contributed by atoms with E-state index in [0.29, 0.717) is 13.0 Å². The summed E-state index contributed by atoms with van der Waals surface area (Å²) in [6, 6.07) is 0. The summed E-state index contributed by atoms with van der Waals surface area (Å²) in [7, 11) is 0. The third-order valence-electron chi connectivity index (χ3n) is 4.24. The van der Waals surface area contributed by atoms with Gasteiger partial charge in [0.1, 0.15) is 0 Å². The van der Waals surface area contributed by atoms with E-state index >= 15 is 0 Å². The van der Waals surface area contributed by atoms with E-state index in [1.54, 1.807) is 0 Å². The van der Waals surface area contributed by atoms with Gasteiger partial charge in [-0.1, -0.05) is 26.2 Å². The molecule has 0 heterocycles. The van der Waals surface area contributed by atoms with Crippen LogP contribution < -0.4 is 11.1 Å². The van der Waals surface area contributed by atoms with Crippen LogP contribution >= 0.6 is 12.4 Å². The van der Waals surface area contributed by atoms with E-state index in [4.69, 9.17) is 5.73 Å². The average molecular weight is 277 g/mol. The highest BCUT2D eigenvalue weighted by atomic mass is 35.5. The van der Waals surface area contributed by atoms with Crippen LogP contribution in [0.15, 0.2) is 0 Å². The number of carbonyl (C=O) groups excluding carboxylic acids is 1. The molecule has 4 heteroatoms. The monoisotopic (exact) mass is 276 g/mol. The molecule has 1 aliphatic carbocycles. The smallest absolute Gasteiger partial charge is 0.221 e. The number of amides is 1. The summed E-state index contributed by atoms with van der Waals surface area (Å²) in [5.74, 6) is 0.171. The van der Waals surface area contributed by atoms with E-state index in [2.05, 4.69) is 26.1 Å². The first-order valence-corrected chi connectivity index (χ1v) is 6.94. The number of hydrogen-bond donors (Lipinski definition) is 2. The minimum absolute atomic E-state index is 0. The Labute approximate surface area is 118 Å². The predicted octanol–water partition coefficient (Wildman–Crippen LogP) is 3.01. The zero-order valence-corrected chi connectivity index (χ0v) is 12.9. The molecule has 0 aromatic heterocycles. The van der Waals surface area contributed by atoms with Crippen LogP contribution in [0.5, 0.6) is 0 Å². The van der Waals surface area contributed by atoms with Crippen LogP contribution in [0.4, 0.5) is 0 Å². The fourth-order valence-electron chi connectivity index (χ4n) is 2.61. The van der Waals surface area contributed by atoms with Crippen LogP contribution in [0.1, 0.15) is 65.7 Å². The topological polar surface area (TPSA) is 55.1 Å². The number of nitrogens with two attached hydrogens (primary N) is 1. The summed E-state index contributed by atoms with van der Waals surface area (Å²) in [6.07, 6.45) is 7.53. The number of halogens is 1. The fourth-order valence-corrected chi connectivity index (χ4v) is 2.61. The lowest BCUT2D eigenvalue weighted by molar-refractivity contribution is -0.125. The maximum atomic E-state index is 12.1. The Morgan fingerprint density at radius 1 is 1.28 bits per heavy atom. The molecule has 0 aromatic rings. The highest BCUT2D eigenvalue weighted by Crippen LogP contribution is 2.38. The van der Waals surface area contributed by atoms with Crippen molar-refractivity contribution < 1.29 is 4.79 Å². The second kappa shape index (κ2) is 7.34. The summed E-state index contributed by atoms with van der Waals surface area (Å²) in [5.41, 5.74) is 5.88. The van der Waals surface area contributed by atoms with Gasteiger partial charge in [0.15, 0.2) is 0 Å². The highest BCUT2D eigenvalue weighted by molar-refractivity contribution is 5.85. The van der Waals surface area contributed by atoms with Gasteiger partial charge in [-0.25, -0.2) is 0 Å². The molecule has 1 saturated carbocycles. The molecule has 0 bridgehead atoms. The summed E-state index contributed by atoms with van der Waals surface area (Å²) in [5, 5.41) is 3.12. The Kier molecular flexibility index (Phi) is 7.23. The van der Waals surface area contributed by atoms with Crippen molar-refractivity contribution in [2.45, 2.75) is 71.3 Å². The van der Waals surface area contributed by atoms with Gasteiger partial charge >= 0.3 is 0 Å². The second-order valence-corrected chi connectivity index (χ2v) is 6.23. The normalized spacial score (nSPS) is 18.9. The molecule has 3 N–H and O–H groups in total. The molecule has 1 rings (SSSR count). The number of rotatable bonds is 5. The maximum absolute atomic E-state index is 12.1. The van der Waals surface area contributed by atoms with Crippen LogP contribution in [0.2, 0.25) is 0 Å².